The van der Waals surface area contributed by atoms with E-state index in [9.17, 15) is 9.59 Å². The van der Waals surface area contributed by atoms with Gasteiger partial charge in [-0.3, -0.25) is 4.79 Å². The van der Waals surface area contributed by atoms with E-state index in [1.165, 1.54) is 4.90 Å². The zero-order valence-electron chi connectivity index (χ0n) is 8.63. The van der Waals surface area contributed by atoms with Gasteiger partial charge in [0.25, 0.3) is 5.91 Å². The van der Waals surface area contributed by atoms with Gasteiger partial charge in [0.2, 0.25) is 0 Å². The van der Waals surface area contributed by atoms with Crippen molar-refractivity contribution in [2.75, 3.05) is 19.8 Å². The molecule has 0 aromatic carbocycles. The summed E-state index contributed by atoms with van der Waals surface area (Å²) in [5.74, 6) is -1.45. The third-order valence-electron chi connectivity index (χ3n) is 2.40. The molecule has 0 spiro atoms. The average Bonchev–Trinajstić information content (AvgIpc) is 2.74. The number of carbonyl (C=O) groups is 2. The number of rotatable bonds is 2. The number of amides is 1. The highest BCUT2D eigenvalue weighted by atomic mass is 79.9. The first-order valence-corrected chi connectivity index (χ1v) is 6.45. The summed E-state index contributed by atoms with van der Waals surface area (Å²) in [4.78, 5) is 24.4. The van der Waals surface area contributed by atoms with E-state index in [4.69, 9.17) is 9.84 Å². The minimum atomic E-state index is -1.07. The summed E-state index contributed by atoms with van der Waals surface area (Å²) < 4.78 is 9.61. The second kappa shape index (κ2) is 5.11. The van der Waals surface area contributed by atoms with Crippen LogP contribution in [0.25, 0.3) is 0 Å². The van der Waals surface area contributed by atoms with Crippen LogP contribution in [0.2, 0.25) is 0 Å². The van der Waals surface area contributed by atoms with Crippen molar-refractivity contribution in [3.63, 3.8) is 0 Å². The second-order valence-electron chi connectivity index (χ2n) is 3.44. The lowest BCUT2D eigenvalue weighted by Gasteiger charge is -2.32. The number of carboxylic acids is 1. The number of carboxylic acid groups (broad SMARTS) is 1. The van der Waals surface area contributed by atoms with Crippen molar-refractivity contribution in [3.05, 3.63) is 15.5 Å². The fourth-order valence-corrected chi connectivity index (χ4v) is 2.72. The van der Waals surface area contributed by atoms with Crippen molar-refractivity contribution in [1.82, 2.24) is 9.27 Å². The quantitative estimate of drug-likeness (QED) is 0.873. The number of halogens is 1. The van der Waals surface area contributed by atoms with Crippen molar-refractivity contribution >= 4 is 39.3 Å². The second-order valence-corrected chi connectivity index (χ2v) is 4.92. The first kappa shape index (κ1) is 12.5. The Morgan fingerprint density at radius 3 is 3.00 bits per heavy atom. The number of nitrogens with zero attached hydrogens (tertiary/aromatic N) is 2. The van der Waals surface area contributed by atoms with Crippen LogP contribution in [0.5, 0.6) is 0 Å². The maximum absolute atomic E-state index is 12.1. The zero-order chi connectivity index (χ0) is 12.4. The van der Waals surface area contributed by atoms with Crippen molar-refractivity contribution in [1.29, 1.82) is 0 Å². The predicted molar refractivity (Wildman–Crippen MR) is 63.1 cm³/mol. The SMILES string of the molecule is O=C(O)C1COCCN1C(=O)c1nscc1Br. The molecule has 0 aliphatic carbocycles. The maximum atomic E-state index is 12.1. The molecule has 1 aliphatic heterocycles. The minimum Gasteiger partial charge on any atom is -0.480 e. The molecule has 1 amide bonds. The van der Waals surface area contributed by atoms with Crippen LogP contribution < -0.4 is 0 Å². The topological polar surface area (TPSA) is 79.7 Å². The van der Waals surface area contributed by atoms with Gasteiger partial charge in [0, 0.05) is 11.9 Å². The molecule has 2 rings (SSSR count). The molecule has 1 aliphatic rings. The Balaban J connectivity index is 2.23. The molecule has 1 unspecified atom stereocenters. The monoisotopic (exact) mass is 320 g/mol. The highest BCUT2D eigenvalue weighted by Crippen LogP contribution is 2.21. The molecule has 1 atom stereocenters. The third kappa shape index (κ3) is 2.48. The maximum Gasteiger partial charge on any atom is 0.328 e. The molecular weight excluding hydrogens is 312 g/mol. The zero-order valence-corrected chi connectivity index (χ0v) is 11.0. The normalized spacial score (nSPS) is 20.3. The van der Waals surface area contributed by atoms with Crippen molar-refractivity contribution in [3.8, 4) is 0 Å². The number of hydrogen-bond acceptors (Lipinski definition) is 5. The van der Waals surface area contributed by atoms with Crippen LogP contribution in [0, 0.1) is 0 Å². The molecule has 2 heterocycles. The number of morpholine rings is 1. The summed E-state index contributed by atoms with van der Waals surface area (Å²) in [5, 5.41) is 10.7. The van der Waals surface area contributed by atoms with Crippen molar-refractivity contribution in [2.45, 2.75) is 6.04 Å². The smallest absolute Gasteiger partial charge is 0.328 e. The van der Waals surface area contributed by atoms with Gasteiger partial charge >= 0.3 is 5.97 Å². The summed E-state index contributed by atoms with van der Waals surface area (Å²) in [6, 6.07) is -0.940. The highest BCUT2D eigenvalue weighted by molar-refractivity contribution is 9.10. The molecule has 92 valence electrons. The molecule has 0 saturated carbocycles. The number of carbonyl (C=O) groups excluding carboxylic acids is 1. The van der Waals surface area contributed by atoms with E-state index in [0.717, 1.165) is 11.5 Å². The van der Waals surface area contributed by atoms with E-state index in [1.54, 1.807) is 5.38 Å². The summed E-state index contributed by atoms with van der Waals surface area (Å²) in [6.07, 6.45) is 0. The Kier molecular flexibility index (Phi) is 3.75. The number of ether oxygens (including phenoxy) is 1. The molecule has 1 N–H and O–H groups in total. The summed E-state index contributed by atoms with van der Waals surface area (Å²) in [7, 11) is 0. The Labute approximate surface area is 109 Å². The molecule has 1 fully saturated rings. The molecule has 1 saturated heterocycles. The fraction of sp³-hybridized carbons (Fsp3) is 0.444. The van der Waals surface area contributed by atoms with E-state index < -0.39 is 12.0 Å². The molecule has 1 aromatic rings. The van der Waals surface area contributed by atoms with Crippen LogP contribution in [0.3, 0.4) is 0 Å². The van der Waals surface area contributed by atoms with Crippen LogP contribution in [0.1, 0.15) is 10.5 Å². The van der Waals surface area contributed by atoms with Gasteiger partial charge in [-0.1, -0.05) is 0 Å². The third-order valence-corrected chi connectivity index (χ3v) is 3.94. The van der Waals surface area contributed by atoms with Crippen LogP contribution in [0.4, 0.5) is 0 Å². The van der Waals surface area contributed by atoms with Gasteiger partial charge in [0.15, 0.2) is 11.7 Å². The van der Waals surface area contributed by atoms with E-state index in [2.05, 4.69) is 20.3 Å². The van der Waals surface area contributed by atoms with E-state index in [-0.39, 0.29) is 24.8 Å². The number of hydrogen-bond donors (Lipinski definition) is 1. The molecule has 0 radical (unpaired) electrons. The van der Waals surface area contributed by atoms with Gasteiger partial charge in [-0.05, 0) is 27.5 Å². The van der Waals surface area contributed by atoms with Gasteiger partial charge in [0.05, 0.1) is 17.7 Å². The van der Waals surface area contributed by atoms with E-state index in [1.807, 2.05) is 0 Å². The standard InChI is InChI=1S/C9H9BrN2O4S/c10-5-4-17-11-7(5)8(13)12-1-2-16-3-6(12)9(14)15/h4,6H,1-3H2,(H,14,15). The van der Waals surface area contributed by atoms with Crippen LogP contribution >= 0.6 is 27.5 Å². The van der Waals surface area contributed by atoms with Gasteiger partial charge < -0.3 is 14.7 Å². The van der Waals surface area contributed by atoms with Gasteiger partial charge in [-0.25, -0.2) is 4.79 Å². The Morgan fingerprint density at radius 2 is 2.41 bits per heavy atom. The van der Waals surface area contributed by atoms with Crippen LogP contribution in [0.15, 0.2) is 9.85 Å². The summed E-state index contributed by atoms with van der Waals surface area (Å²) >= 11 is 4.36. The Bertz CT molecular complexity index is 450. The van der Waals surface area contributed by atoms with Crippen LogP contribution in [-0.2, 0) is 9.53 Å². The minimum absolute atomic E-state index is 0.0167. The highest BCUT2D eigenvalue weighted by Gasteiger charge is 2.34. The summed E-state index contributed by atoms with van der Waals surface area (Å²) in [5.41, 5.74) is 0.253. The lowest BCUT2D eigenvalue weighted by Crippen LogP contribution is -2.52. The van der Waals surface area contributed by atoms with E-state index in [0.29, 0.717) is 11.1 Å². The molecule has 8 heteroatoms. The van der Waals surface area contributed by atoms with Crippen molar-refractivity contribution < 1.29 is 19.4 Å². The number of aromatic nitrogens is 1. The Morgan fingerprint density at radius 1 is 1.65 bits per heavy atom. The van der Waals surface area contributed by atoms with Gasteiger partial charge in [-0.2, -0.15) is 4.37 Å². The van der Waals surface area contributed by atoms with E-state index >= 15 is 0 Å². The molecule has 17 heavy (non-hydrogen) atoms. The molecule has 6 nitrogen and oxygen atoms in total. The summed E-state index contributed by atoms with van der Waals surface area (Å²) in [6.45, 7) is 0.625. The molecule has 0 bridgehead atoms. The number of aliphatic carboxylic acids is 1. The average molecular weight is 321 g/mol. The molecular formula is C9H9BrN2O4S. The predicted octanol–water partition coefficient (Wildman–Crippen LogP) is 0.831. The molecule has 1 aromatic heterocycles. The van der Waals surface area contributed by atoms with Gasteiger partial charge in [0.1, 0.15) is 0 Å². The lowest BCUT2D eigenvalue weighted by molar-refractivity contribution is -0.147. The fourth-order valence-electron chi connectivity index (χ4n) is 1.55. The Hall–Kier alpha value is -0.990. The first-order valence-electron chi connectivity index (χ1n) is 4.82. The first-order chi connectivity index (χ1) is 8.11. The van der Waals surface area contributed by atoms with Gasteiger partial charge in [-0.15, -0.1) is 0 Å². The van der Waals surface area contributed by atoms with Crippen molar-refractivity contribution in [2.24, 2.45) is 0 Å². The van der Waals surface area contributed by atoms with Crippen LogP contribution in [-0.4, -0.2) is 52.1 Å². The lowest BCUT2D eigenvalue weighted by atomic mass is 10.2. The largest absolute Gasteiger partial charge is 0.480 e.